The smallest absolute Gasteiger partial charge is 0.277 e. The number of piperidine rings is 1. The number of carbonyl (C=O) groups excluding carboxylic acids is 1. The van der Waals surface area contributed by atoms with E-state index in [9.17, 15) is 14.9 Å². The molecule has 0 bridgehead atoms. The van der Waals surface area contributed by atoms with Crippen LogP contribution in [0.3, 0.4) is 0 Å². The van der Waals surface area contributed by atoms with Crippen molar-refractivity contribution in [3.8, 4) is 11.5 Å². The van der Waals surface area contributed by atoms with E-state index < -0.39 is 4.92 Å². The molecular formula is C16H18N4O4S. The van der Waals surface area contributed by atoms with Gasteiger partial charge in [-0.3, -0.25) is 14.9 Å². The van der Waals surface area contributed by atoms with E-state index in [1.165, 1.54) is 30.3 Å². The van der Waals surface area contributed by atoms with E-state index in [1.807, 2.05) is 4.90 Å². The number of carbonyl (C=O) groups is 1. The number of hydrogen-bond acceptors (Lipinski definition) is 7. The Morgan fingerprint density at radius 2 is 2.16 bits per heavy atom. The lowest BCUT2D eigenvalue weighted by atomic mass is 10.0. The van der Waals surface area contributed by atoms with Crippen LogP contribution in [0.2, 0.25) is 0 Å². The van der Waals surface area contributed by atoms with E-state index in [1.54, 1.807) is 12.1 Å². The fourth-order valence-electron chi connectivity index (χ4n) is 2.74. The number of hydrogen-bond donors (Lipinski definition) is 0. The molecular weight excluding hydrogens is 344 g/mol. The number of amides is 1. The number of aromatic nitrogens is 2. The fourth-order valence-corrected chi connectivity index (χ4v) is 3.41. The Hall–Kier alpha value is -2.42. The standard InChI is InChI=1S/C16H18N4O4S/c1-11-3-2-8-19(9-11)14(21)10-25-16-18-17-15(24-16)12-4-6-13(7-5-12)20(22)23/h4-7,11H,2-3,8-10H2,1H3/t11-/m1/s1. The van der Waals surface area contributed by atoms with E-state index >= 15 is 0 Å². The second-order valence-corrected chi connectivity index (χ2v) is 6.98. The number of rotatable bonds is 5. The minimum absolute atomic E-state index is 0.000722. The molecule has 1 atom stereocenters. The van der Waals surface area contributed by atoms with Crippen molar-refractivity contribution in [2.75, 3.05) is 18.8 Å². The third kappa shape index (κ3) is 4.36. The summed E-state index contributed by atoms with van der Waals surface area (Å²) in [7, 11) is 0. The molecule has 0 unspecified atom stereocenters. The minimum Gasteiger partial charge on any atom is -0.411 e. The van der Waals surface area contributed by atoms with Gasteiger partial charge in [-0.25, -0.2) is 0 Å². The third-order valence-electron chi connectivity index (χ3n) is 4.06. The first-order valence-corrected chi connectivity index (χ1v) is 9.00. The molecule has 1 amide bonds. The molecule has 1 aliphatic heterocycles. The predicted octanol–water partition coefficient (Wildman–Crippen LogP) is 3.00. The molecule has 0 aliphatic carbocycles. The Balaban J connectivity index is 1.58. The Bertz CT molecular complexity index is 762. The van der Waals surface area contributed by atoms with Gasteiger partial charge in [-0.1, -0.05) is 18.7 Å². The van der Waals surface area contributed by atoms with Crippen molar-refractivity contribution in [3.63, 3.8) is 0 Å². The third-order valence-corrected chi connectivity index (χ3v) is 4.86. The van der Waals surface area contributed by atoms with Gasteiger partial charge in [-0.05, 0) is 30.9 Å². The first-order valence-electron chi connectivity index (χ1n) is 8.02. The zero-order chi connectivity index (χ0) is 17.8. The molecule has 3 rings (SSSR count). The number of likely N-dealkylation sites (tertiary alicyclic amines) is 1. The van der Waals surface area contributed by atoms with Gasteiger partial charge in [-0.2, -0.15) is 0 Å². The summed E-state index contributed by atoms with van der Waals surface area (Å²) < 4.78 is 5.53. The molecule has 2 heterocycles. The molecule has 8 nitrogen and oxygen atoms in total. The highest BCUT2D eigenvalue weighted by Crippen LogP contribution is 2.25. The number of non-ortho nitro benzene ring substituents is 1. The van der Waals surface area contributed by atoms with Gasteiger partial charge in [-0.15, -0.1) is 10.2 Å². The van der Waals surface area contributed by atoms with Crippen LogP contribution in [-0.4, -0.2) is 44.8 Å². The molecule has 1 aliphatic rings. The molecule has 9 heteroatoms. The highest BCUT2D eigenvalue weighted by molar-refractivity contribution is 7.99. The Morgan fingerprint density at radius 3 is 2.84 bits per heavy atom. The van der Waals surface area contributed by atoms with Crippen molar-refractivity contribution in [2.24, 2.45) is 5.92 Å². The maximum atomic E-state index is 12.2. The molecule has 1 aromatic carbocycles. The second kappa shape index (κ2) is 7.64. The quantitative estimate of drug-likeness (QED) is 0.457. The number of nitrogens with zero attached hydrogens (tertiary/aromatic N) is 4. The maximum Gasteiger partial charge on any atom is 0.277 e. The highest BCUT2D eigenvalue weighted by atomic mass is 32.2. The molecule has 132 valence electrons. The van der Waals surface area contributed by atoms with Crippen molar-refractivity contribution in [1.29, 1.82) is 0 Å². The number of nitro benzene ring substituents is 1. The summed E-state index contributed by atoms with van der Waals surface area (Å²) in [4.78, 5) is 24.3. The monoisotopic (exact) mass is 362 g/mol. The SMILES string of the molecule is C[C@@H]1CCCN(C(=O)CSc2nnc(-c3ccc([N+](=O)[O-])cc3)o2)C1. The van der Waals surface area contributed by atoms with Crippen LogP contribution in [0.15, 0.2) is 33.9 Å². The Kier molecular flexibility index (Phi) is 5.32. The van der Waals surface area contributed by atoms with Crippen molar-refractivity contribution < 1.29 is 14.1 Å². The first kappa shape index (κ1) is 17.4. The average Bonchev–Trinajstić information content (AvgIpc) is 3.08. The summed E-state index contributed by atoms with van der Waals surface area (Å²) in [6.45, 7) is 3.76. The lowest BCUT2D eigenvalue weighted by Gasteiger charge is -2.30. The fraction of sp³-hybridized carbons (Fsp3) is 0.438. The minimum atomic E-state index is -0.466. The maximum absolute atomic E-state index is 12.2. The number of thioether (sulfide) groups is 1. The molecule has 0 spiro atoms. The van der Waals surface area contributed by atoms with Gasteiger partial charge in [0.2, 0.25) is 11.8 Å². The summed E-state index contributed by atoms with van der Waals surface area (Å²) in [5.41, 5.74) is 0.598. The van der Waals surface area contributed by atoms with Crippen LogP contribution >= 0.6 is 11.8 Å². The lowest BCUT2D eigenvalue weighted by Crippen LogP contribution is -2.40. The van der Waals surface area contributed by atoms with Crippen molar-refractivity contribution in [1.82, 2.24) is 15.1 Å². The normalized spacial score (nSPS) is 17.5. The van der Waals surface area contributed by atoms with Crippen LogP contribution in [0.4, 0.5) is 5.69 Å². The van der Waals surface area contributed by atoms with Crippen molar-refractivity contribution in [3.05, 3.63) is 34.4 Å². The summed E-state index contributed by atoms with van der Waals surface area (Å²) in [6, 6.07) is 5.88. The molecule has 0 saturated carbocycles. The molecule has 25 heavy (non-hydrogen) atoms. The van der Waals surface area contributed by atoms with E-state index in [-0.39, 0.29) is 23.2 Å². The Labute approximate surface area is 148 Å². The van der Waals surface area contributed by atoms with Crippen LogP contribution in [0, 0.1) is 16.0 Å². The predicted molar refractivity (Wildman–Crippen MR) is 92.1 cm³/mol. The van der Waals surface area contributed by atoms with Crippen LogP contribution in [0.25, 0.3) is 11.5 Å². The molecule has 2 aromatic rings. The van der Waals surface area contributed by atoms with Gasteiger partial charge in [0.15, 0.2) is 0 Å². The largest absolute Gasteiger partial charge is 0.411 e. The van der Waals surface area contributed by atoms with Gasteiger partial charge >= 0.3 is 0 Å². The summed E-state index contributed by atoms with van der Waals surface area (Å²) in [6.07, 6.45) is 2.21. The van der Waals surface area contributed by atoms with Crippen LogP contribution < -0.4 is 0 Å². The molecule has 0 radical (unpaired) electrons. The molecule has 0 N–H and O–H groups in total. The Morgan fingerprint density at radius 1 is 1.40 bits per heavy atom. The van der Waals surface area contributed by atoms with Crippen molar-refractivity contribution >= 4 is 23.4 Å². The summed E-state index contributed by atoms with van der Waals surface area (Å²) in [5, 5.41) is 18.8. The summed E-state index contributed by atoms with van der Waals surface area (Å²) >= 11 is 1.21. The van der Waals surface area contributed by atoms with E-state index in [2.05, 4.69) is 17.1 Å². The molecule has 1 aromatic heterocycles. The van der Waals surface area contributed by atoms with E-state index in [4.69, 9.17) is 4.42 Å². The van der Waals surface area contributed by atoms with Gasteiger partial charge in [0.25, 0.3) is 10.9 Å². The number of nitro groups is 1. The first-order chi connectivity index (χ1) is 12.0. The van der Waals surface area contributed by atoms with Gasteiger partial charge in [0.05, 0.1) is 10.7 Å². The van der Waals surface area contributed by atoms with E-state index in [0.717, 1.165) is 19.5 Å². The highest BCUT2D eigenvalue weighted by Gasteiger charge is 2.21. The number of benzene rings is 1. The van der Waals surface area contributed by atoms with Gasteiger partial charge in [0, 0.05) is 30.8 Å². The van der Waals surface area contributed by atoms with Crippen LogP contribution in [0.1, 0.15) is 19.8 Å². The zero-order valence-electron chi connectivity index (χ0n) is 13.8. The van der Waals surface area contributed by atoms with Crippen molar-refractivity contribution in [2.45, 2.75) is 25.0 Å². The average molecular weight is 362 g/mol. The summed E-state index contributed by atoms with van der Waals surface area (Å²) in [5.74, 6) is 1.15. The van der Waals surface area contributed by atoms with E-state index in [0.29, 0.717) is 16.7 Å². The zero-order valence-corrected chi connectivity index (χ0v) is 14.6. The molecule has 1 fully saturated rings. The van der Waals surface area contributed by atoms with Crippen LogP contribution in [0.5, 0.6) is 0 Å². The second-order valence-electron chi connectivity index (χ2n) is 6.05. The lowest BCUT2D eigenvalue weighted by molar-refractivity contribution is -0.384. The molecule has 1 saturated heterocycles. The topological polar surface area (TPSA) is 102 Å². The van der Waals surface area contributed by atoms with Gasteiger partial charge in [0.1, 0.15) is 0 Å². The van der Waals surface area contributed by atoms with Gasteiger partial charge < -0.3 is 9.32 Å². The van der Waals surface area contributed by atoms with Crippen LogP contribution in [-0.2, 0) is 4.79 Å².